The van der Waals surface area contributed by atoms with E-state index in [9.17, 15) is 9.59 Å². The van der Waals surface area contributed by atoms with E-state index in [1.165, 1.54) is 4.90 Å². The molecule has 0 radical (unpaired) electrons. The third-order valence-corrected chi connectivity index (χ3v) is 4.64. The first-order valence-corrected chi connectivity index (χ1v) is 8.27. The molecule has 0 aromatic heterocycles. The molecule has 2 N–H and O–H groups in total. The SMILES string of the molecule is CC(CO)N(C)C(=O)c1ccc(CNC(=O)C2CCCC2)cc1. The number of rotatable bonds is 6. The summed E-state index contributed by atoms with van der Waals surface area (Å²) in [6, 6.07) is 7.03. The molecule has 0 saturated heterocycles. The monoisotopic (exact) mass is 318 g/mol. The highest BCUT2D eigenvalue weighted by Gasteiger charge is 2.22. The molecular weight excluding hydrogens is 292 g/mol. The third-order valence-electron chi connectivity index (χ3n) is 4.64. The van der Waals surface area contributed by atoms with Crippen molar-refractivity contribution in [3.8, 4) is 0 Å². The molecule has 0 aliphatic heterocycles. The molecule has 1 aliphatic rings. The Morgan fingerprint density at radius 1 is 1.26 bits per heavy atom. The second-order valence-electron chi connectivity index (χ2n) is 6.34. The molecule has 1 aromatic rings. The molecule has 0 bridgehead atoms. The van der Waals surface area contributed by atoms with Crippen molar-refractivity contribution in [1.82, 2.24) is 10.2 Å². The number of aliphatic hydroxyl groups is 1. The van der Waals surface area contributed by atoms with Crippen molar-refractivity contribution in [1.29, 1.82) is 0 Å². The van der Waals surface area contributed by atoms with Gasteiger partial charge in [0.2, 0.25) is 5.91 Å². The predicted molar refractivity (Wildman–Crippen MR) is 88.9 cm³/mol. The van der Waals surface area contributed by atoms with E-state index in [1.54, 1.807) is 26.1 Å². The summed E-state index contributed by atoms with van der Waals surface area (Å²) in [5.41, 5.74) is 1.56. The summed E-state index contributed by atoms with van der Waals surface area (Å²) in [7, 11) is 1.68. The van der Waals surface area contributed by atoms with Gasteiger partial charge in [0.05, 0.1) is 12.6 Å². The number of carbonyl (C=O) groups excluding carboxylic acids is 2. The molecule has 5 heteroatoms. The van der Waals surface area contributed by atoms with Crippen LogP contribution in [0.2, 0.25) is 0 Å². The number of nitrogens with zero attached hydrogens (tertiary/aromatic N) is 1. The van der Waals surface area contributed by atoms with Gasteiger partial charge in [0.25, 0.3) is 5.91 Å². The smallest absolute Gasteiger partial charge is 0.253 e. The first-order chi connectivity index (χ1) is 11.0. The zero-order valence-corrected chi connectivity index (χ0v) is 13.9. The predicted octanol–water partition coefficient (Wildman–Crippen LogP) is 1.95. The second-order valence-corrected chi connectivity index (χ2v) is 6.34. The van der Waals surface area contributed by atoms with E-state index in [0.717, 1.165) is 31.2 Å². The molecule has 1 atom stereocenters. The van der Waals surface area contributed by atoms with E-state index < -0.39 is 0 Å². The van der Waals surface area contributed by atoms with E-state index in [2.05, 4.69) is 5.32 Å². The number of amides is 2. The summed E-state index contributed by atoms with van der Waals surface area (Å²) in [4.78, 5) is 25.8. The Bertz CT molecular complexity index is 536. The largest absolute Gasteiger partial charge is 0.394 e. The maximum absolute atomic E-state index is 12.2. The Balaban J connectivity index is 1.89. The van der Waals surface area contributed by atoms with Crippen LogP contribution in [-0.2, 0) is 11.3 Å². The maximum atomic E-state index is 12.2. The van der Waals surface area contributed by atoms with Gasteiger partial charge in [-0.05, 0) is 37.5 Å². The van der Waals surface area contributed by atoms with Gasteiger partial charge < -0.3 is 15.3 Å². The number of carbonyl (C=O) groups is 2. The Morgan fingerprint density at radius 2 is 1.87 bits per heavy atom. The Morgan fingerprint density at radius 3 is 2.43 bits per heavy atom. The lowest BCUT2D eigenvalue weighted by atomic mass is 10.1. The van der Waals surface area contributed by atoms with Crippen LogP contribution in [0.25, 0.3) is 0 Å². The molecule has 1 saturated carbocycles. The summed E-state index contributed by atoms with van der Waals surface area (Å²) in [6.45, 7) is 2.23. The normalized spacial score (nSPS) is 16.1. The van der Waals surface area contributed by atoms with Crippen molar-refractivity contribution < 1.29 is 14.7 Å². The lowest BCUT2D eigenvalue weighted by molar-refractivity contribution is -0.124. The van der Waals surface area contributed by atoms with Crippen molar-refractivity contribution in [2.75, 3.05) is 13.7 Å². The quantitative estimate of drug-likeness (QED) is 0.842. The lowest BCUT2D eigenvalue weighted by Crippen LogP contribution is -2.37. The zero-order chi connectivity index (χ0) is 16.8. The Hall–Kier alpha value is -1.88. The minimum Gasteiger partial charge on any atom is -0.394 e. The second kappa shape index (κ2) is 8.11. The summed E-state index contributed by atoms with van der Waals surface area (Å²) in [5.74, 6) is 0.191. The van der Waals surface area contributed by atoms with Gasteiger partial charge in [0.15, 0.2) is 0 Å². The van der Waals surface area contributed by atoms with Crippen LogP contribution < -0.4 is 5.32 Å². The molecule has 23 heavy (non-hydrogen) atoms. The summed E-state index contributed by atoms with van der Waals surface area (Å²) in [5, 5.41) is 12.1. The van der Waals surface area contributed by atoms with Crippen molar-refractivity contribution in [3.63, 3.8) is 0 Å². The highest BCUT2D eigenvalue weighted by molar-refractivity contribution is 5.94. The standard InChI is InChI=1S/C18H26N2O3/c1-13(12-21)20(2)18(23)16-9-7-14(8-10-16)11-19-17(22)15-5-3-4-6-15/h7-10,13,15,21H,3-6,11-12H2,1-2H3,(H,19,22). The van der Waals surface area contributed by atoms with Gasteiger partial charge in [-0.25, -0.2) is 0 Å². The average molecular weight is 318 g/mol. The topological polar surface area (TPSA) is 69.6 Å². The molecule has 1 aromatic carbocycles. The van der Waals surface area contributed by atoms with Crippen LogP contribution in [0.3, 0.4) is 0 Å². The highest BCUT2D eigenvalue weighted by atomic mass is 16.3. The van der Waals surface area contributed by atoms with Gasteiger partial charge in [-0.1, -0.05) is 25.0 Å². The molecule has 2 rings (SSSR count). The summed E-state index contributed by atoms with van der Waals surface area (Å²) in [6.07, 6.45) is 4.28. The molecule has 2 amide bonds. The molecule has 126 valence electrons. The first-order valence-electron chi connectivity index (χ1n) is 8.27. The number of hydrogen-bond donors (Lipinski definition) is 2. The first kappa shape index (κ1) is 17.5. The van der Waals surface area contributed by atoms with E-state index >= 15 is 0 Å². The average Bonchev–Trinajstić information content (AvgIpc) is 3.12. The zero-order valence-electron chi connectivity index (χ0n) is 13.9. The van der Waals surface area contributed by atoms with Gasteiger partial charge in [-0.15, -0.1) is 0 Å². The van der Waals surface area contributed by atoms with Crippen LogP contribution in [0.15, 0.2) is 24.3 Å². The van der Waals surface area contributed by atoms with Crippen molar-refractivity contribution in [3.05, 3.63) is 35.4 Å². The van der Waals surface area contributed by atoms with Crippen molar-refractivity contribution in [2.24, 2.45) is 5.92 Å². The molecule has 1 fully saturated rings. The number of benzene rings is 1. The fourth-order valence-corrected chi connectivity index (χ4v) is 2.81. The lowest BCUT2D eigenvalue weighted by Gasteiger charge is -2.23. The van der Waals surface area contributed by atoms with Gasteiger partial charge in [-0.3, -0.25) is 9.59 Å². The Labute approximate surface area is 137 Å². The molecule has 1 unspecified atom stereocenters. The molecular formula is C18H26N2O3. The van der Waals surface area contributed by atoms with Crippen LogP contribution in [0, 0.1) is 5.92 Å². The van der Waals surface area contributed by atoms with E-state index in [-0.39, 0.29) is 30.4 Å². The van der Waals surface area contributed by atoms with Crippen LogP contribution in [-0.4, -0.2) is 41.5 Å². The fraction of sp³-hybridized carbons (Fsp3) is 0.556. The van der Waals surface area contributed by atoms with Crippen molar-refractivity contribution >= 4 is 11.8 Å². The molecule has 5 nitrogen and oxygen atoms in total. The molecule has 0 heterocycles. The van der Waals surface area contributed by atoms with E-state index in [4.69, 9.17) is 5.11 Å². The Kier molecular flexibility index (Phi) is 6.16. The molecule has 0 spiro atoms. The van der Waals surface area contributed by atoms with Crippen LogP contribution in [0.5, 0.6) is 0 Å². The van der Waals surface area contributed by atoms with Gasteiger partial charge in [0, 0.05) is 25.1 Å². The van der Waals surface area contributed by atoms with E-state index in [1.807, 2.05) is 12.1 Å². The summed E-state index contributed by atoms with van der Waals surface area (Å²) < 4.78 is 0. The highest BCUT2D eigenvalue weighted by Crippen LogP contribution is 2.24. The summed E-state index contributed by atoms with van der Waals surface area (Å²) >= 11 is 0. The van der Waals surface area contributed by atoms with Crippen LogP contribution >= 0.6 is 0 Å². The number of aliphatic hydroxyl groups excluding tert-OH is 1. The minimum absolute atomic E-state index is 0.0620. The minimum atomic E-state index is -0.215. The van der Waals surface area contributed by atoms with Crippen LogP contribution in [0.4, 0.5) is 0 Å². The number of likely N-dealkylation sites (N-methyl/N-ethyl adjacent to an activating group) is 1. The van der Waals surface area contributed by atoms with Gasteiger partial charge in [-0.2, -0.15) is 0 Å². The third kappa shape index (κ3) is 4.55. The van der Waals surface area contributed by atoms with Crippen LogP contribution in [0.1, 0.15) is 48.5 Å². The van der Waals surface area contributed by atoms with Gasteiger partial charge in [0.1, 0.15) is 0 Å². The van der Waals surface area contributed by atoms with Gasteiger partial charge >= 0.3 is 0 Å². The number of nitrogens with one attached hydrogen (secondary N) is 1. The fourth-order valence-electron chi connectivity index (χ4n) is 2.81. The number of hydrogen-bond acceptors (Lipinski definition) is 3. The maximum Gasteiger partial charge on any atom is 0.253 e. The van der Waals surface area contributed by atoms with E-state index in [0.29, 0.717) is 12.1 Å². The van der Waals surface area contributed by atoms with Crippen molar-refractivity contribution in [2.45, 2.75) is 45.2 Å². The molecule has 1 aliphatic carbocycles.